The standard InChI is InChI=1S/C18H25NO4/c1-2-15-7-3-4-8-16(15)23-13-17(20)19-11-5-6-14(12-19)9-10-18(21)22/h3-4,7-8,14H,2,5-6,9-13H2,1H3,(H,21,22)/t14-/m0/s1. The van der Waals surface area contributed by atoms with E-state index < -0.39 is 5.97 Å². The van der Waals surface area contributed by atoms with Crippen LogP contribution in [0.4, 0.5) is 0 Å². The minimum atomic E-state index is -0.770. The molecule has 1 amide bonds. The van der Waals surface area contributed by atoms with Crippen LogP contribution in [0.1, 0.15) is 38.2 Å². The fourth-order valence-electron chi connectivity index (χ4n) is 3.02. The van der Waals surface area contributed by atoms with Crippen LogP contribution in [-0.2, 0) is 16.0 Å². The topological polar surface area (TPSA) is 66.8 Å². The monoisotopic (exact) mass is 319 g/mol. The Hall–Kier alpha value is -2.04. The van der Waals surface area contributed by atoms with Crippen molar-refractivity contribution in [2.75, 3.05) is 19.7 Å². The summed E-state index contributed by atoms with van der Waals surface area (Å²) in [6.07, 6.45) is 3.61. The minimum Gasteiger partial charge on any atom is -0.483 e. The van der Waals surface area contributed by atoms with Gasteiger partial charge < -0.3 is 14.7 Å². The first-order valence-electron chi connectivity index (χ1n) is 8.30. The van der Waals surface area contributed by atoms with Gasteiger partial charge in [0.1, 0.15) is 5.75 Å². The van der Waals surface area contributed by atoms with E-state index in [2.05, 4.69) is 6.92 Å². The Labute approximate surface area is 137 Å². The van der Waals surface area contributed by atoms with Crippen molar-refractivity contribution in [2.24, 2.45) is 5.92 Å². The molecule has 5 nitrogen and oxygen atoms in total. The van der Waals surface area contributed by atoms with Crippen LogP contribution in [0.2, 0.25) is 0 Å². The number of nitrogens with zero attached hydrogens (tertiary/aromatic N) is 1. The molecule has 1 aromatic rings. The zero-order valence-corrected chi connectivity index (χ0v) is 13.7. The average Bonchev–Trinajstić information content (AvgIpc) is 2.58. The molecule has 1 saturated heterocycles. The maximum absolute atomic E-state index is 12.3. The summed E-state index contributed by atoms with van der Waals surface area (Å²) in [4.78, 5) is 24.8. The first-order chi connectivity index (χ1) is 11.1. The number of likely N-dealkylation sites (tertiary alicyclic amines) is 1. The van der Waals surface area contributed by atoms with Gasteiger partial charge in [0.2, 0.25) is 0 Å². The van der Waals surface area contributed by atoms with E-state index in [0.717, 1.165) is 37.1 Å². The van der Waals surface area contributed by atoms with Gasteiger partial charge in [-0.25, -0.2) is 0 Å². The number of hydrogen-bond acceptors (Lipinski definition) is 3. The van der Waals surface area contributed by atoms with E-state index in [-0.39, 0.29) is 24.9 Å². The Bertz CT molecular complexity index is 544. The molecular weight excluding hydrogens is 294 g/mol. The third-order valence-electron chi connectivity index (χ3n) is 4.34. The number of carboxylic acids is 1. The fraction of sp³-hybridized carbons (Fsp3) is 0.556. The number of para-hydroxylation sites is 1. The van der Waals surface area contributed by atoms with Gasteiger partial charge in [0.15, 0.2) is 6.61 Å². The zero-order valence-electron chi connectivity index (χ0n) is 13.7. The largest absolute Gasteiger partial charge is 0.483 e. The maximum Gasteiger partial charge on any atom is 0.303 e. The number of ether oxygens (including phenoxy) is 1. The molecule has 0 radical (unpaired) electrons. The lowest BCUT2D eigenvalue weighted by atomic mass is 9.93. The van der Waals surface area contributed by atoms with Gasteiger partial charge in [-0.1, -0.05) is 25.1 Å². The molecule has 1 aliphatic rings. The molecule has 5 heteroatoms. The number of piperidine rings is 1. The first-order valence-corrected chi connectivity index (χ1v) is 8.30. The Morgan fingerprint density at radius 2 is 2.13 bits per heavy atom. The quantitative estimate of drug-likeness (QED) is 0.839. The predicted molar refractivity (Wildman–Crippen MR) is 87.5 cm³/mol. The van der Waals surface area contributed by atoms with Gasteiger partial charge in [0.05, 0.1) is 0 Å². The van der Waals surface area contributed by atoms with E-state index in [1.807, 2.05) is 29.2 Å². The Morgan fingerprint density at radius 3 is 2.87 bits per heavy atom. The average molecular weight is 319 g/mol. The van der Waals surface area contributed by atoms with Crippen LogP contribution in [0.25, 0.3) is 0 Å². The summed E-state index contributed by atoms with van der Waals surface area (Å²) in [5.41, 5.74) is 1.10. The van der Waals surface area contributed by atoms with Crippen molar-refractivity contribution in [1.82, 2.24) is 4.90 Å². The predicted octanol–water partition coefficient (Wildman–Crippen LogP) is 2.73. The van der Waals surface area contributed by atoms with Crippen LogP contribution < -0.4 is 4.74 Å². The van der Waals surface area contributed by atoms with Crippen molar-refractivity contribution in [3.63, 3.8) is 0 Å². The molecule has 0 unspecified atom stereocenters. The fourth-order valence-corrected chi connectivity index (χ4v) is 3.02. The second-order valence-electron chi connectivity index (χ2n) is 6.03. The van der Waals surface area contributed by atoms with E-state index >= 15 is 0 Å². The van der Waals surface area contributed by atoms with Crippen molar-refractivity contribution >= 4 is 11.9 Å². The van der Waals surface area contributed by atoms with Gasteiger partial charge in [-0.05, 0) is 43.2 Å². The number of hydrogen-bond donors (Lipinski definition) is 1. The Kier molecular flexibility index (Phi) is 6.44. The second-order valence-corrected chi connectivity index (χ2v) is 6.03. The lowest BCUT2D eigenvalue weighted by Crippen LogP contribution is -2.42. The molecule has 0 aliphatic carbocycles. The molecule has 0 bridgehead atoms. The summed E-state index contributed by atoms with van der Waals surface area (Å²) in [7, 11) is 0. The number of benzene rings is 1. The molecule has 1 heterocycles. The van der Waals surface area contributed by atoms with Gasteiger partial charge in [-0.15, -0.1) is 0 Å². The summed E-state index contributed by atoms with van der Waals surface area (Å²) in [5, 5.41) is 8.78. The summed E-state index contributed by atoms with van der Waals surface area (Å²) in [5.74, 6) is 0.262. The molecule has 126 valence electrons. The number of carbonyl (C=O) groups excluding carboxylic acids is 1. The van der Waals surface area contributed by atoms with Crippen molar-refractivity contribution in [3.8, 4) is 5.75 Å². The minimum absolute atomic E-state index is 0.0177. The lowest BCUT2D eigenvalue weighted by molar-refractivity contribution is -0.137. The molecule has 0 spiro atoms. The molecule has 0 saturated carbocycles. The smallest absolute Gasteiger partial charge is 0.303 e. The number of carboxylic acid groups (broad SMARTS) is 1. The van der Waals surface area contributed by atoms with Gasteiger partial charge in [0.25, 0.3) is 5.91 Å². The van der Waals surface area contributed by atoms with E-state index in [1.165, 1.54) is 0 Å². The van der Waals surface area contributed by atoms with E-state index in [1.54, 1.807) is 0 Å². The van der Waals surface area contributed by atoms with Crippen molar-refractivity contribution < 1.29 is 19.4 Å². The van der Waals surface area contributed by atoms with Crippen molar-refractivity contribution in [3.05, 3.63) is 29.8 Å². The number of carbonyl (C=O) groups is 2. The van der Waals surface area contributed by atoms with E-state index in [4.69, 9.17) is 9.84 Å². The highest BCUT2D eigenvalue weighted by atomic mass is 16.5. The van der Waals surface area contributed by atoms with Crippen LogP contribution >= 0.6 is 0 Å². The van der Waals surface area contributed by atoms with E-state index in [9.17, 15) is 9.59 Å². The molecule has 2 rings (SSSR count). The molecule has 23 heavy (non-hydrogen) atoms. The summed E-state index contributed by atoms with van der Waals surface area (Å²) in [6, 6.07) is 7.76. The highest BCUT2D eigenvalue weighted by Crippen LogP contribution is 2.22. The molecule has 1 atom stereocenters. The van der Waals surface area contributed by atoms with Crippen LogP contribution in [0.3, 0.4) is 0 Å². The van der Waals surface area contributed by atoms with Crippen molar-refractivity contribution in [1.29, 1.82) is 0 Å². The van der Waals surface area contributed by atoms with E-state index in [0.29, 0.717) is 13.0 Å². The second kappa shape index (κ2) is 8.56. The highest BCUT2D eigenvalue weighted by Gasteiger charge is 2.24. The number of aryl methyl sites for hydroxylation is 1. The molecule has 1 aliphatic heterocycles. The maximum atomic E-state index is 12.3. The number of rotatable bonds is 7. The molecule has 1 fully saturated rings. The third kappa shape index (κ3) is 5.27. The van der Waals surface area contributed by atoms with Crippen LogP contribution in [0.15, 0.2) is 24.3 Å². The van der Waals surface area contributed by atoms with Crippen LogP contribution in [0.5, 0.6) is 5.75 Å². The molecule has 1 N–H and O–H groups in total. The summed E-state index contributed by atoms with van der Waals surface area (Å²) in [6.45, 7) is 3.48. The zero-order chi connectivity index (χ0) is 16.7. The Morgan fingerprint density at radius 1 is 1.35 bits per heavy atom. The molecule has 0 aromatic heterocycles. The third-order valence-corrected chi connectivity index (χ3v) is 4.34. The normalized spacial score (nSPS) is 17.8. The first kappa shape index (κ1) is 17.3. The number of aliphatic carboxylic acids is 1. The van der Waals surface area contributed by atoms with Crippen LogP contribution in [0, 0.1) is 5.92 Å². The highest BCUT2D eigenvalue weighted by molar-refractivity contribution is 5.78. The SMILES string of the molecule is CCc1ccccc1OCC(=O)N1CCC[C@@H](CCC(=O)O)C1. The number of amides is 1. The summed E-state index contributed by atoms with van der Waals surface area (Å²) >= 11 is 0. The lowest BCUT2D eigenvalue weighted by Gasteiger charge is -2.32. The molecular formula is C18H25NO4. The van der Waals surface area contributed by atoms with Gasteiger partial charge >= 0.3 is 5.97 Å². The van der Waals surface area contributed by atoms with Crippen LogP contribution in [-0.4, -0.2) is 41.6 Å². The van der Waals surface area contributed by atoms with Crippen molar-refractivity contribution in [2.45, 2.75) is 39.0 Å². The summed E-state index contributed by atoms with van der Waals surface area (Å²) < 4.78 is 5.69. The van der Waals surface area contributed by atoms with Gasteiger partial charge in [-0.3, -0.25) is 9.59 Å². The molecule has 1 aromatic carbocycles. The Balaban J connectivity index is 1.84. The van der Waals surface area contributed by atoms with Gasteiger partial charge in [-0.2, -0.15) is 0 Å². The van der Waals surface area contributed by atoms with Gasteiger partial charge in [0, 0.05) is 19.5 Å².